The summed E-state index contributed by atoms with van der Waals surface area (Å²) in [6.45, 7) is 2.26. The number of hydrogen-bond acceptors (Lipinski definition) is 1. The predicted octanol–water partition coefficient (Wildman–Crippen LogP) is 4.26. The van der Waals surface area contributed by atoms with Crippen molar-refractivity contribution in [2.45, 2.75) is 12.2 Å². The number of thioether (sulfide) groups is 1. The maximum Gasteiger partial charge on any atom is 0.0272 e. The highest BCUT2D eigenvalue weighted by Gasteiger charge is 2.06. The summed E-state index contributed by atoms with van der Waals surface area (Å²) in [5.74, 6) is 0. The second-order valence-corrected chi connectivity index (χ2v) is 4.62. The molecule has 1 atom stereocenters. The van der Waals surface area contributed by atoms with Gasteiger partial charge in [-0.1, -0.05) is 42.5 Å². The molecule has 0 fully saturated rings. The minimum absolute atomic E-state index is 0.570. The van der Waals surface area contributed by atoms with Gasteiger partial charge < -0.3 is 0 Å². The van der Waals surface area contributed by atoms with Gasteiger partial charge in [0.15, 0.2) is 0 Å². The zero-order chi connectivity index (χ0) is 9.97. The lowest BCUT2D eigenvalue weighted by Crippen LogP contribution is -1.88. The fraction of sp³-hybridized carbons (Fsp3) is 0.231. The Balaban J connectivity index is 2.65. The summed E-state index contributed by atoms with van der Waals surface area (Å²) < 4.78 is 0. The molecule has 0 spiro atoms. The van der Waals surface area contributed by atoms with Gasteiger partial charge in [0.05, 0.1) is 0 Å². The van der Waals surface area contributed by atoms with Crippen LogP contribution in [0.5, 0.6) is 0 Å². The van der Waals surface area contributed by atoms with Gasteiger partial charge in [-0.05, 0) is 29.5 Å². The van der Waals surface area contributed by atoms with Crippen molar-refractivity contribution in [2.24, 2.45) is 0 Å². The molecule has 0 saturated heterocycles. The molecule has 2 aromatic rings. The molecule has 0 heterocycles. The highest BCUT2D eigenvalue weighted by atomic mass is 32.2. The molecule has 0 aliphatic heterocycles. The van der Waals surface area contributed by atoms with E-state index in [0.29, 0.717) is 5.25 Å². The molecule has 0 radical (unpaired) electrons. The molecule has 0 amide bonds. The number of rotatable bonds is 2. The Labute approximate surface area is 89.3 Å². The van der Waals surface area contributed by atoms with Gasteiger partial charge in [-0.15, -0.1) is 0 Å². The molecule has 0 saturated carbocycles. The summed E-state index contributed by atoms with van der Waals surface area (Å²) in [6, 6.07) is 15.1. The van der Waals surface area contributed by atoms with Gasteiger partial charge in [0, 0.05) is 5.25 Å². The smallest absolute Gasteiger partial charge is 0.0272 e. The van der Waals surface area contributed by atoms with Crippen LogP contribution in [0.4, 0.5) is 0 Å². The number of fused-ring (bicyclic) bond motifs is 1. The summed E-state index contributed by atoms with van der Waals surface area (Å²) in [6.07, 6.45) is 2.16. The van der Waals surface area contributed by atoms with E-state index in [9.17, 15) is 0 Å². The van der Waals surface area contributed by atoms with Crippen LogP contribution < -0.4 is 0 Å². The summed E-state index contributed by atoms with van der Waals surface area (Å²) in [5.41, 5.74) is 1.44. The van der Waals surface area contributed by atoms with Gasteiger partial charge >= 0.3 is 0 Å². The molecule has 0 aliphatic carbocycles. The van der Waals surface area contributed by atoms with E-state index in [1.54, 1.807) is 0 Å². The second kappa shape index (κ2) is 4.05. The Morgan fingerprint density at radius 3 is 2.50 bits per heavy atom. The van der Waals surface area contributed by atoms with E-state index in [-0.39, 0.29) is 0 Å². The van der Waals surface area contributed by atoms with Crippen LogP contribution in [0.2, 0.25) is 0 Å². The Hall–Kier alpha value is -0.950. The molecular formula is C13H14S. The molecule has 0 nitrogen and oxygen atoms in total. The molecule has 2 rings (SSSR count). The van der Waals surface area contributed by atoms with E-state index in [0.717, 1.165) is 0 Å². The van der Waals surface area contributed by atoms with E-state index >= 15 is 0 Å². The van der Waals surface area contributed by atoms with Crippen LogP contribution in [0.15, 0.2) is 42.5 Å². The van der Waals surface area contributed by atoms with Crippen LogP contribution in [-0.2, 0) is 0 Å². The van der Waals surface area contributed by atoms with Crippen molar-refractivity contribution in [1.29, 1.82) is 0 Å². The van der Waals surface area contributed by atoms with Crippen molar-refractivity contribution < 1.29 is 0 Å². The monoisotopic (exact) mass is 202 g/mol. The van der Waals surface area contributed by atoms with Gasteiger partial charge in [0.25, 0.3) is 0 Å². The molecule has 0 aromatic heterocycles. The van der Waals surface area contributed by atoms with Crippen molar-refractivity contribution in [3.8, 4) is 0 Å². The van der Waals surface area contributed by atoms with E-state index < -0.39 is 0 Å². The maximum atomic E-state index is 2.26. The topological polar surface area (TPSA) is 0 Å². The number of hydrogen-bond donors (Lipinski definition) is 0. The Morgan fingerprint density at radius 2 is 1.71 bits per heavy atom. The first-order valence-corrected chi connectivity index (χ1v) is 6.12. The first-order valence-electron chi connectivity index (χ1n) is 4.83. The quantitative estimate of drug-likeness (QED) is 0.701. The van der Waals surface area contributed by atoms with Gasteiger partial charge in [0.2, 0.25) is 0 Å². The van der Waals surface area contributed by atoms with Crippen molar-refractivity contribution in [3.05, 3.63) is 48.0 Å². The Kier molecular flexibility index (Phi) is 2.78. The molecule has 1 unspecified atom stereocenters. The predicted molar refractivity (Wildman–Crippen MR) is 65.9 cm³/mol. The largest absolute Gasteiger partial charge is 0.157 e. The first-order chi connectivity index (χ1) is 6.83. The van der Waals surface area contributed by atoms with Gasteiger partial charge in [-0.3, -0.25) is 0 Å². The van der Waals surface area contributed by atoms with Gasteiger partial charge in [0.1, 0.15) is 0 Å². The molecule has 2 aromatic carbocycles. The summed E-state index contributed by atoms with van der Waals surface area (Å²) in [4.78, 5) is 0. The summed E-state index contributed by atoms with van der Waals surface area (Å²) in [5, 5.41) is 3.30. The SMILES string of the molecule is CSC(C)c1cccc2ccccc12. The van der Waals surface area contributed by atoms with Crippen LogP contribution in [0.25, 0.3) is 10.8 Å². The molecule has 14 heavy (non-hydrogen) atoms. The average molecular weight is 202 g/mol. The highest BCUT2D eigenvalue weighted by Crippen LogP contribution is 2.31. The van der Waals surface area contributed by atoms with Crippen molar-refractivity contribution in [3.63, 3.8) is 0 Å². The maximum absolute atomic E-state index is 2.26. The Morgan fingerprint density at radius 1 is 1.00 bits per heavy atom. The van der Waals surface area contributed by atoms with Gasteiger partial charge in [-0.2, -0.15) is 11.8 Å². The second-order valence-electron chi connectivity index (χ2n) is 3.45. The lowest BCUT2D eigenvalue weighted by atomic mass is 10.0. The molecule has 0 aliphatic rings. The van der Waals surface area contributed by atoms with E-state index in [4.69, 9.17) is 0 Å². The van der Waals surface area contributed by atoms with E-state index in [2.05, 4.69) is 55.6 Å². The van der Waals surface area contributed by atoms with Crippen LogP contribution in [0, 0.1) is 0 Å². The van der Waals surface area contributed by atoms with Crippen molar-refractivity contribution in [2.75, 3.05) is 6.26 Å². The van der Waals surface area contributed by atoms with Crippen molar-refractivity contribution >= 4 is 22.5 Å². The van der Waals surface area contributed by atoms with E-state index in [1.807, 2.05) is 11.8 Å². The zero-order valence-electron chi connectivity index (χ0n) is 8.53. The molecular weight excluding hydrogens is 188 g/mol. The van der Waals surface area contributed by atoms with Crippen LogP contribution >= 0.6 is 11.8 Å². The molecule has 0 N–H and O–H groups in total. The molecule has 72 valence electrons. The van der Waals surface area contributed by atoms with Crippen LogP contribution in [0.3, 0.4) is 0 Å². The van der Waals surface area contributed by atoms with Crippen LogP contribution in [-0.4, -0.2) is 6.26 Å². The lowest BCUT2D eigenvalue weighted by molar-refractivity contribution is 1.12. The Bertz CT molecular complexity index is 429. The summed E-state index contributed by atoms with van der Waals surface area (Å²) in [7, 11) is 0. The average Bonchev–Trinajstić information content (AvgIpc) is 2.27. The summed E-state index contributed by atoms with van der Waals surface area (Å²) >= 11 is 1.89. The van der Waals surface area contributed by atoms with E-state index in [1.165, 1.54) is 16.3 Å². The van der Waals surface area contributed by atoms with Gasteiger partial charge in [-0.25, -0.2) is 0 Å². The third-order valence-electron chi connectivity index (χ3n) is 2.61. The third kappa shape index (κ3) is 1.64. The zero-order valence-corrected chi connectivity index (χ0v) is 9.34. The molecule has 1 heteroatoms. The first kappa shape index (κ1) is 9.60. The third-order valence-corrected chi connectivity index (χ3v) is 3.58. The fourth-order valence-corrected chi connectivity index (χ4v) is 2.19. The van der Waals surface area contributed by atoms with Crippen LogP contribution in [0.1, 0.15) is 17.7 Å². The minimum atomic E-state index is 0.570. The standard InChI is InChI=1S/C13H14S/c1-10(14-2)12-9-5-7-11-6-3-4-8-13(11)12/h3-10H,1-2H3. The normalized spacial score (nSPS) is 13.0. The molecule has 0 bridgehead atoms. The highest BCUT2D eigenvalue weighted by molar-refractivity contribution is 7.98. The van der Waals surface area contributed by atoms with Crippen molar-refractivity contribution in [1.82, 2.24) is 0 Å². The fourth-order valence-electron chi connectivity index (χ4n) is 1.73. The minimum Gasteiger partial charge on any atom is -0.157 e. The number of benzene rings is 2. The lowest BCUT2D eigenvalue weighted by Gasteiger charge is -2.11.